The van der Waals surface area contributed by atoms with Gasteiger partial charge in [0.25, 0.3) is 0 Å². The van der Waals surface area contributed by atoms with E-state index in [0.717, 1.165) is 6.07 Å². The van der Waals surface area contributed by atoms with Crippen molar-refractivity contribution in [3.05, 3.63) is 47.5 Å². The summed E-state index contributed by atoms with van der Waals surface area (Å²) in [5.41, 5.74) is 7.56. The van der Waals surface area contributed by atoms with Gasteiger partial charge in [-0.15, -0.1) is 0 Å². The maximum absolute atomic E-state index is 13.9. The Kier molecular flexibility index (Phi) is 4.29. The highest BCUT2D eigenvalue weighted by Crippen LogP contribution is 2.25. The molecule has 4 N–H and O–H groups in total. The molecule has 0 saturated carbocycles. The molecule has 1 aromatic carbocycles. The number of thiocarbonyl (C=S) groups is 1. The van der Waals surface area contributed by atoms with Crippen LogP contribution in [0.4, 0.5) is 4.39 Å². The standard InChI is InChI=1S/C13H10FN3O3S/c14-10-5-7(12(18)19)1-3-9(10)11-4-2-8(20-11)6-16-17-13(15)21/h1-6H,(H,18,19)(H3,15,17,21)/b16-6+. The van der Waals surface area contributed by atoms with Crippen molar-refractivity contribution in [1.29, 1.82) is 0 Å². The first-order valence-corrected chi connectivity index (χ1v) is 6.10. The molecule has 2 aromatic rings. The number of nitrogens with one attached hydrogen (secondary N) is 1. The number of carbonyl (C=O) groups is 1. The third kappa shape index (κ3) is 3.63. The Morgan fingerprint density at radius 3 is 2.81 bits per heavy atom. The fourth-order valence-corrected chi connectivity index (χ4v) is 1.63. The average molecular weight is 307 g/mol. The van der Waals surface area contributed by atoms with Crippen molar-refractivity contribution in [1.82, 2.24) is 5.43 Å². The summed E-state index contributed by atoms with van der Waals surface area (Å²) < 4.78 is 19.2. The molecule has 0 fully saturated rings. The number of furan rings is 1. The summed E-state index contributed by atoms with van der Waals surface area (Å²) in [7, 11) is 0. The van der Waals surface area contributed by atoms with Crippen LogP contribution < -0.4 is 11.2 Å². The van der Waals surface area contributed by atoms with E-state index in [0.29, 0.717) is 5.76 Å². The highest BCUT2D eigenvalue weighted by atomic mass is 32.1. The van der Waals surface area contributed by atoms with Crippen LogP contribution >= 0.6 is 12.2 Å². The Bertz CT molecular complexity index is 727. The normalized spacial score (nSPS) is 10.7. The van der Waals surface area contributed by atoms with E-state index >= 15 is 0 Å². The number of hydrazone groups is 1. The first-order valence-electron chi connectivity index (χ1n) is 5.69. The number of carboxylic acid groups (broad SMARTS) is 1. The molecule has 0 aliphatic heterocycles. The van der Waals surface area contributed by atoms with Crippen molar-refractivity contribution in [3.8, 4) is 11.3 Å². The lowest BCUT2D eigenvalue weighted by Crippen LogP contribution is -2.23. The van der Waals surface area contributed by atoms with Crippen molar-refractivity contribution >= 4 is 29.5 Å². The van der Waals surface area contributed by atoms with E-state index < -0.39 is 11.8 Å². The number of nitrogens with zero attached hydrogens (tertiary/aromatic N) is 1. The molecular formula is C13H10FN3O3S. The minimum absolute atomic E-state index is 0.00772. The minimum Gasteiger partial charge on any atom is -0.478 e. The highest BCUT2D eigenvalue weighted by Gasteiger charge is 2.12. The summed E-state index contributed by atoms with van der Waals surface area (Å²) in [6.07, 6.45) is 1.33. The first-order chi connectivity index (χ1) is 9.97. The topological polar surface area (TPSA) is 101 Å². The molecule has 0 radical (unpaired) electrons. The highest BCUT2D eigenvalue weighted by molar-refractivity contribution is 7.80. The van der Waals surface area contributed by atoms with Crippen molar-refractivity contribution in [3.63, 3.8) is 0 Å². The third-order valence-corrected chi connectivity index (χ3v) is 2.57. The van der Waals surface area contributed by atoms with E-state index in [1.165, 1.54) is 18.3 Å². The molecule has 6 nitrogen and oxygen atoms in total. The molecule has 0 saturated heterocycles. The van der Waals surface area contributed by atoms with Gasteiger partial charge in [0, 0.05) is 0 Å². The molecule has 0 unspecified atom stereocenters. The lowest BCUT2D eigenvalue weighted by atomic mass is 10.1. The molecule has 0 amide bonds. The van der Waals surface area contributed by atoms with Gasteiger partial charge < -0.3 is 15.3 Å². The van der Waals surface area contributed by atoms with Crippen LogP contribution in [-0.4, -0.2) is 22.4 Å². The van der Waals surface area contributed by atoms with Crippen LogP contribution in [0.5, 0.6) is 0 Å². The largest absolute Gasteiger partial charge is 0.478 e. The molecule has 0 bridgehead atoms. The monoisotopic (exact) mass is 307 g/mol. The molecule has 0 aliphatic rings. The van der Waals surface area contributed by atoms with Crippen LogP contribution in [0, 0.1) is 5.82 Å². The molecule has 1 aromatic heterocycles. The second-order valence-corrected chi connectivity index (χ2v) is 4.38. The summed E-state index contributed by atoms with van der Waals surface area (Å²) in [5, 5.41) is 12.5. The van der Waals surface area contributed by atoms with Gasteiger partial charge in [-0.25, -0.2) is 9.18 Å². The van der Waals surface area contributed by atoms with Gasteiger partial charge in [-0.3, -0.25) is 5.43 Å². The van der Waals surface area contributed by atoms with Crippen LogP contribution in [0.1, 0.15) is 16.1 Å². The van der Waals surface area contributed by atoms with Crippen molar-refractivity contribution in [2.75, 3.05) is 0 Å². The Hall–Kier alpha value is -2.74. The Labute approximate surface area is 124 Å². The Morgan fingerprint density at radius 1 is 1.43 bits per heavy atom. The SMILES string of the molecule is NC(=S)N/N=C/c1ccc(-c2ccc(C(=O)O)cc2F)o1. The van der Waals surface area contributed by atoms with E-state index in [9.17, 15) is 9.18 Å². The van der Waals surface area contributed by atoms with E-state index in [2.05, 4.69) is 22.7 Å². The van der Waals surface area contributed by atoms with Gasteiger partial charge in [-0.05, 0) is 42.5 Å². The van der Waals surface area contributed by atoms with Gasteiger partial charge >= 0.3 is 5.97 Å². The predicted molar refractivity (Wildman–Crippen MR) is 78.6 cm³/mol. The summed E-state index contributed by atoms with van der Waals surface area (Å²) in [5.74, 6) is -1.28. The second-order valence-electron chi connectivity index (χ2n) is 3.94. The van der Waals surface area contributed by atoms with Crippen LogP contribution in [-0.2, 0) is 0 Å². The fourth-order valence-electron chi connectivity index (χ4n) is 1.57. The molecular weight excluding hydrogens is 297 g/mol. The van der Waals surface area contributed by atoms with Crippen molar-refractivity contribution in [2.24, 2.45) is 10.8 Å². The minimum atomic E-state index is -1.20. The Balaban J connectivity index is 2.23. The smallest absolute Gasteiger partial charge is 0.335 e. The van der Waals surface area contributed by atoms with E-state index in [-0.39, 0.29) is 22.0 Å². The zero-order valence-corrected chi connectivity index (χ0v) is 11.4. The van der Waals surface area contributed by atoms with E-state index in [1.807, 2.05) is 0 Å². The molecule has 108 valence electrons. The zero-order chi connectivity index (χ0) is 15.4. The number of carboxylic acids is 1. The van der Waals surface area contributed by atoms with Crippen molar-refractivity contribution < 1.29 is 18.7 Å². The predicted octanol–water partition coefficient (Wildman–Crippen LogP) is 1.95. The first kappa shape index (κ1) is 14.7. The van der Waals surface area contributed by atoms with Crippen LogP contribution in [0.25, 0.3) is 11.3 Å². The van der Waals surface area contributed by atoms with Crippen LogP contribution in [0.2, 0.25) is 0 Å². The van der Waals surface area contributed by atoms with Gasteiger partial charge in [0.05, 0.1) is 17.3 Å². The summed E-state index contributed by atoms with van der Waals surface area (Å²) in [6, 6.07) is 6.69. The van der Waals surface area contributed by atoms with E-state index in [1.54, 1.807) is 12.1 Å². The number of hydrogen-bond donors (Lipinski definition) is 3. The van der Waals surface area contributed by atoms with Gasteiger partial charge in [0.15, 0.2) is 5.11 Å². The van der Waals surface area contributed by atoms with Crippen LogP contribution in [0.3, 0.4) is 0 Å². The van der Waals surface area contributed by atoms with Crippen molar-refractivity contribution in [2.45, 2.75) is 0 Å². The van der Waals surface area contributed by atoms with Gasteiger partial charge in [-0.1, -0.05) is 0 Å². The lowest BCUT2D eigenvalue weighted by Gasteiger charge is -2.01. The number of nitrogens with two attached hydrogens (primary N) is 1. The third-order valence-electron chi connectivity index (χ3n) is 2.47. The van der Waals surface area contributed by atoms with Crippen LogP contribution in [0.15, 0.2) is 39.9 Å². The van der Waals surface area contributed by atoms with Gasteiger partial charge in [-0.2, -0.15) is 5.10 Å². The lowest BCUT2D eigenvalue weighted by molar-refractivity contribution is 0.0696. The fraction of sp³-hybridized carbons (Fsp3) is 0. The summed E-state index contributed by atoms with van der Waals surface area (Å²) in [4.78, 5) is 10.7. The average Bonchev–Trinajstić information content (AvgIpc) is 2.86. The number of benzene rings is 1. The van der Waals surface area contributed by atoms with Gasteiger partial charge in [0.2, 0.25) is 0 Å². The molecule has 0 atom stereocenters. The molecule has 0 spiro atoms. The quantitative estimate of drug-likeness (QED) is 0.453. The second kappa shape index (κ2) is 6.14. The molecule has 21 heavy (non-hydrogen) atoms. The maximum Gasteiger partial charge on any atom is 0.335 e. The molecule has 2 rings (SSSR count). The van der Waals surface area contributed by atoms with E-state index in [4.69, 9.17) is 15.3 Å². The maximum atomic E-state index is 13.9. The molecule has 8 heteroatoms. The number of aromatic carboxylic acids is 1. The summed E-state index contributed by atoms with van der Waals surface area (Å²) >= 11 is 4.57. The summed E-state index contributed by atoms with van der Waals surface area (Å²) in [6.45, 7) is 0. The molecule has 0 aliphatic carbocycles. The number of hydrogen-bond acceptors (Lipinski definition) is 4. The number of halogens is 1. The Morgan fingerprint density at radius 2 is 2.19 bits per heavy atom. The number of rotatable bonds is 4. The zero-order valence-electron chi connectivity index (χ0n) is 10.5. The molecule has 1 heterocycles. The van der Waals surface area contributed by atoms with Gasteiger partial charge in [0.1, 0.15) is 17.3 Å².